The third-order valence-corrected chi connectivity index (χ3v) is 1.99. The van der Waals surface area contributed by atoms with Gasteiger partial charge in [-0.1, -0.05) is 30.3 Å². The minimum atomic E-state index is -0.420. The summed E-state index contributed by atoms with van der Waals surface area (Å²) in [4.78, 5) is 14.2. The highest BCUT2D eigenvalue weighted by Gasteiger charge is 2.11. The third kappa shape index (κ3) is 2.04. The maximum Gasteiger partial charge on any atom is 0.313 e. The smallest absolute Gasteiger partial charge is 0.313 e. The number of aromatic nitrogens is 1. The largest absolute Gasteiger partial charge is 0.479 e. The minimum absolute atomic E-state index is 0.0547. The summed E-state index contributed by atoms with van der Waals surface area (Å²) in [5, 5.41) is 9.15. The van der Waals surface area contributed by atoms with Crippen LogP contribution in [0.25, 0.3) is 0 Å². The molecule has 0 radical (unpaired) electrons. The fourth-order valence-electron chi connectivity index (χ4n) is 1.29. The number of nitrogens with zero attached hydrogens (tertiary/aromatic N) is 1. The highest BCUT2D eigenvalue weighted by molar-refractivity contribution is 5.74. The van der Waals surface area contributed by atoms with E-state index in [0.717, 1.165) is 5.56 Å². The van der Waals surface area contributed by atoms with E-state index in [1.54, 1.807) is 0 Å². The Morgan fingerprint density at radius 2 is 2.07 bits per heavy atom. The van der Waals surface area contributed by atoms with E-state index in [-0.39, 0.29) is 5.69 Å². The second-order valence-electron chi connectivity index (χ2n) is 3.08. The number of hydrogen-bond donors (Lipinski definition) is 1. The van der Waals surface area contributed by atoms with Crippen molar-refractivity contribution in [1.29, 1.82) is 0 Å². The van der Waals surface area contributed by atoms with Crippen LogP contribution in [0.1, 0.15) is 21.9 Å². The number of aldehydes is 1. The zero-order valence-corrected chi connectivity index (χ0v) is 7.88. The van der Waals surface area contributed by atoms with E-state index in [1.165, 1.54) is 0 Å². The molecule has 76 valence electrons. The zero-order valence-electron chi connectivity index (χ0n) is 7.88. The maximum absolute atomic E-state index is 10.4. The molecular weight excluding hydrogens is 194 g/mol. The van der Waals surface area contributed by atoms with E-state index < -0.39 is 5.95 Å². The van der Waals surface area contributed by atoms with Crippen LogP contribution in [-0.2, 0) is 6.42 Å². The maximum atomic E-state index is 10.4. The van der Waals surface area contributed by atoms with Crippen molar-refractivity contribution in [3.63, 3.8) is 0 Å². The first-order valence-electron chi connectivity index (χ1n) is 4.47. The number of rotatable bonds is 3. The van der Waals surface area contributed by atoms with E-state index in [0.29, 0.717) is 18.6 Å². The Balaban J connectivity index is 2.21. The van der Waals surface area contributed by atoms with Gasteiger partial charge in [-0.3, -0.25) is 4.79 Å². The second-order valence-corrected chi connectivity index (χ2v) is 3.08. The summed E-state index contributed by atoms with van der Waals surface area (Å²) < 4.78 is 4.92. The van der Waals surface area contributed by atoms with E-state index in [2.05, 4.69) is 4.98 Å². The van der Waals surface area contributed by atoms with Crippen LogP contribution in [0, 0.1) is 0 Å². The lowest BCUT2D eigenvalue weighted by atomic mass is 10.1. The van der Waals surface area contributed by atoms with Gasteiger partial charge in [0.05, 0.1) is 0 Å². The van der Waals surface area contributed by atoms with Crippen LogP contribution in [0.5, 0.6) is 5.95 Å². The van der Waals surface area contributed by atoms with E-state index in [9.17, 15) is 4.79 Å². The predicted molar refractivity (Wildman–Crippen MR) is 52.8 cm³/mol. The first kappa shape index (κ1) is 9.45. The van der Waals surface area contributed by atoms with Gasteiger partial charge in [0.1, 0.15) is 0 Å². The van der Waals surface area contributed by atoms with Gasteiger partial charge in [0.25, 0.3) is 0 Å². The number of hydrogen-bond acceptors (Lipinski definition) is 4. The highest BCUT2D eigenvalue weighted by Crippen LogP contribution is 2.18. The minimum Gasteiger partial charge on any atom is -0.479 e. The number of benzene rings is 1. The van der Waals surface area contributed by atoms with E-state index in [4.69, 9.17) is 9.52 Å². The van der Waals surface area contributed by atoms with Gasteiger partial charge in [0.15, 0.2) is 12.0 Å². The van der Waals surface area contributed by atoms with Crippen LogP contribution >= 0.6 is 0 Å². The van der Waals surface area contributed by atoms with Gasteiger partial charge in [-0.15, -0.1) is 0 Å². The fraction of sp³-hybridized carbons (Fsp3) is 0.0909. The average molecular weight is 203 g/mol. The molecular formula is C11H9NO3. The van der Waals surface area contributed by atoms with Crippen molar-refractivity contribution in [2.45, 2.75) is 6.42 Å². The molecule has 0 aliphatic carbocycles. The molecule has 2 aromatic rings. The topological polar surface area (TPSA) is 63.3 Å². The fourth-order valence-corrected chi connectivity index (χ4v) is 1.29. The molecule has 0 amide bonds. The van der Waals surface area contributed by atoms with Crippen molar-refractivity contribution in [3.05, 3.63) is 47.5 Å². The molecule has 1 aromatic carbocycles. The van der Waals surface area contributed by atoms with Crippen molar-refractivity contribution in [1.82, 2.24) is 4.98 Å². The van der Waals surface area contributed by atoms with Crippen LogP contribution < -0.4 is 0 Å². The standard InChI is InChI=1S/C11H9NO3/c13-7-9-11(14)15-10(12-9)6-8-4-2-1-3-5-8/h1-5,7,14H,6H2. The van der Waals surface area contributed by atoms with Crippen molar-refractivity contribution >= 4 is 6.29 Å². The van der Waals surface area contributed by atoms with E-state index in [1.807, 2.05) is 30.3 Å². The first-order chi connectivity index (χ1) is 7.29. The molecule has 1 heterocycles. The summed E-state index contributed by atoms with van der Waals surface area (Å²) in [5.41, 5.74) is 0.956. The molecule has 0 aliphatic heterocycles. The van der Waals surface area contributed by atoms with Gasteiger partial charge in [-0.05, 0) is 5.56 Å². The van der Waals surface area contributed by atoms with Crippen LogP contribution in [0.3, 0.4) is 0 Å². The van der Waals surface area contributed by atoms with Crippen molar-refractivity contribution in [2.75, 3.05) is 0 Å². The van der Waals surface area contributed by atoms with Crippen LogP contribution in [0.4, 0.5) is 0 Å². The number of oxazole rings is 1. The Morgan fingerprint density at radius 3 is 2.67 bits per heavy atom. The molecule has 1 aromatic heterocycles. The Labute approximate surface area is 86.2 Å². The molecule has 0 saturated carbocycles. The molecule has 0 unspecified atom stereocenters. The van der Waals surface area contributed by atoms with Crippen molar-refractivity contribution in [2.24, 2.45) is 0 Å². The first-order valence-corrected chi connectivity index (χ1v) is 4.47. The highest BCUT2D eigenvalue weighted by atomic mass is 16.5. The summed E-state index contributed by atoms with van der Waals surface area (Å²) in [6, 6.07) is 9.55. The molecule has 0 bridgehead atoms. The molecule has 15 heavy (non-hydrogen) atoms. The summed E-state index contributed by atoms with van der Waals surface area (Å²) in [5.74, 6) is -0.0864. The number of aromatic hydroxyl groups is 1. The van der Waals surface area contributed by atoms with Gasteiger partial charge in [0.2, 0.25) is 5.89 Å². The molecule has 0 aliphatic rings. The molecule has 0 spiro atoms. The average Bonchev–Trinajstić information content (AvgIpc) is 2.60. The number of carbonyl (C=O) groups is 1. The van der Waals surface area contributed by atoms with Gasteiger partial charge in [-0.2, -0.15) is 0 Å². The van der Waals surface area contributed by atoms with Gasteiger partial charge >= 0.3 is 5.95 Å². The molecule has 4 nitrogen and oxygen atoms in total. The van der Waals surface area contributed by atoms with Gasteiger partial charge in [-0.25, -0.2) is 4.98 Å². The summed E-state index contributed by atoms with van der Waals surface area (Å²) in [6.07, 6.45) is 0.926. The van der Waals surface area contributed by atoms with E-state index >= 15 is 0 Å². The lowest BCUT2D eigenvalue weighted by Crippen LogP contribution is -1.88. The molecule has 0 atom stereocenters. The lowest BCUT2D eigenvalue weighted by molar-refractivity contribution is 0.111. The number of carbonyl (C=O) groups excluding carboxylic acids is 1. The summed E-state index contributed by atoms with van der Waals surface area (Å²) >= 11 is 0. The molecule has 2 rings (SSSR count). The molecule has 4 heteroatoms. The monoisotopic (exact) mass is 203 g/mol. The summed E-state index contributed by atoms with van der Waals surface area (Å²) in [7, 11) is 0. The van der Waals surface area contributed by atoms with Crippen molar-refractivity contribution in [3.8, 4) is 5.95 Å². The third-order valence-electron chi connectivity index (χ3n) is 1.99. The predicted octanol–water partition coefficient (Wildman–Crippen LogP) is 1.78. The molecule has 0 fully saturated rings. The Bertz CT molecular complexity index is 462. The Hall–Kier alpha value is -2.10. The van der Waals surface area contributed by atoms with Gasteiger partial charge in [0, 0.05) is 6.42 Å². The summed E-state index contributed by atoms with van der Waals surface area (Å²) in [6.45, 7) is 0. The lowest BCUT2D eigenvalue weighted by Gasteiger charge is -1.94. The Morgan fingerprint density at radius 1 is 1.33 bits per heavy atom. The van der Waals surface area contributed by atoms with Crippen molar-refractivity contribution < 1.29 is 14.3 Å². The second kappa shape index (κ2) is 3.96. The zero-order chi connectivity index (χ0) is 10.7. The molecule has 0 saturated heterocycles. The Kier molecular flexibility index (Phi) is 2.49. The van der Waals surface area contributed by atoms with Crippen LogP contribution in [0.2, 0.25) is 0 Å². The van der Waals surface area contributed by atoms with Crippen LogP contribution in [0.15, 0.2) is 34.7 Å². The van der Waals surface area contributed by atoms with Gasteiger partial charge < -0.3 is 9.52 Å². The quantitative estimate of drug-likeness (QED) is 0.772. The SMILES string of the molecule is O=Cc1nc(Cc2ccccc2)oc1O. The normalized spacial score (nSPS) is 10.1. The van der Waals surface area contributed by atoms with Crippen LogP contribution in [-0.4, -0.2) is 16.4 Å². The molecule has 1 N–H and O–H groups in total.